The number of aliphatic hydroxyl groups is 2. The van der Waals surface area contributed by atoms with Crippen molar-refractivity contribution in [2.24, 2.45) is 0 Å². The van der Waals surface area contributed by atoms with E-state index >= 15 is 0 Å². The summed E-state index contributed by atoms with van der Waals surface area (Å²) in [7, 11) is 1.15. The van der Waals surface area contributed by atoms with Gasteiger partial charge in [0.25, 0.3) is 0 Å². The number of hydrogen-bond donors (Lipinski definition) is 2. The Bertz CT molecular complexity index is 486. The topological polar surface area (TPSA) is 83.8 Å². The molecule has 0 aliphatic carbocycles. The fourth-order valence-electron chi connectivity index (χ4n) is 1.66. The van der Waals surface area contributed by atoms with Crippen LogP contribution in [-0.2, 0) is 9.53 Å². The highest BCUT2D eigenvalue weighted by Crippen LogP contribution is 2.24. The lowest BCUT2D eigenvalue weighted by Crippen LogP contribution is -2.24. The highest BCUT2D eigenvalue weighted by Gasteiger charge is 2.25. The Morgan fingerprint density at radius 2 is 2.00 bits per heavy atom. The van der Waals surface area contributed by atoms with Crippen molar-refractivity contribution in [3.8, 4) is 0 Å². The Morgan fingerprint density at radius 3 is 2.53 bits per heavy atom. The Morgan fingerprint density at radius 1 is 1.37 bits per heavy atom. The van der Waals surface area contributed by atoms with Gasteiger partial charge >= 0.3 is 5.97 Å². The molecule has 0 spiro atoms. The van der Waals surface area contributed by atoms with E-state index in [2.05, 4.69) is 4.74 Å². The van der Waals surface area contributed by atoms with E-state index in [1.165, 1.54) is 13.0 Å². The van der Waals surface area contributed by atoms with E-state index in [9.17, 15) is 24.2 Å². The van der Waals surface area contributed by atoms with Crippen LogP contribution in [0.3, 0.4) is 0 Å². The Hall–Kier alpha value is -1.79. The van der Waals surface area contributed by atoms with Crippen LogP contribution in [0, 0.1) is 5.82 Å². The van der Waals surface area contributed by atoms with Crippen LogP contribution in [0.25, 0.3) is 0 Å². The zero-order valence-corrected chi connectivity index (χ0v) is 10.6. The summed E-state index contributed by atoms with van der Waals surface area (Å²) in [6.45, 7) is 1.22. The van der Waals surface area contributed by atoms with Crippen LogP contribution in [0.15, 0.2) is 18.2 Å². The normalized spacial score (nSPS) is 13.7. The average Bonchev–Trinajstić information content (AvgIpc) is 2.37. The number of carbonyl (C=O) groups is 2. The van der Waals surface area contributed by atoms with Gasteiger partial charge in [-0.3, -0.25) is 9.59 Å². The van der Waals surface area contributed by atoms with Gasteiger partial charge in [0.1, 0.15) is 11.9 Å². The van der Waals surface area contributed by atoms with Crippen molar-refractivity contribution in [2.75, 3.05) is 7.11 Å². The first kappa shape index (κ1) is 15.3. The molecule has 0 saturated carbocycles. The zero-order chi connectivity index (χ0) is 14.6. The maximum Gasteiger partial charge on any atom is 0.308 e. The molecule has 5 nitrogen and oxygen atoms in total. The minimum Gasteiger partial charge on any atom is -0.469 e. The molecule has 19 heavy (non-hydrogen) atoms. The Balaban J connectivity index is 3.01. The first-order chi connectivity index (χ1) is 8.86. The largest absolute Gasteiger partial charge is 0.469 e. The molecule has 2 N–H and O–H groups in total. The third-order valence-corrected chi connectivity index (χ3v) is 2.68. The summed E-state index contributed by atoms with van der Waals surface area (Å²) in [5.41, 5.74) is 0.0433. The molecule has 0 aliphatic rings. The first-order valence-electron chi connectivity index (χ1n) is 5.60. The number of ether oxygens (including phenoxy) is 1. The predicted molar refractivity (Wildman–Crippen MR) is 64.0 cm³/mol. The fourth-order valence-corrected chi connectivity index (χ4v) is 1.66. The van der Waals surface area contributed by atoms with Crippen molar-refractivity contribution in [1.82, 2.24) is 0 Å². The third kappa shape index (κ3) is 3.84. The van der Waals surface area contributed by atoms with Crippen molar-refractivity contribution in [3.63, 3.8) is 0 Å². The number of rotatable bonds is 5. The predicted octanol–water partition coefficient (Wildman–Crippen LogP) is 0.986. The quantitative estimate of drug-likeness (QED) is 0.615. The highest BCUT2D eigenvalue weighted by atomic mass is 19.1. The van der Waals surface area contributed by atoms with Gasteiger partial charge in [-0.1, -0.05) is 6.07 Å². The third-order valence-electron chi connectivity index (χ3n) is 2.68. The van der Waals surface area contributed by atoms with E-state index in [0.717, 1.165) is 19.2 Å². The molecule has 0 aliphatic heterocycles. The maximum absolute atomic E-state index is 13.1. The maximum atomic E-state index is 13.1. The van der Waals surface area contributed by atoms with Crippen LogP contribution in [0.4, 0.5) is 4.39 Å². The lowest BCUT2D eigenvalue weighted by atomic mass is 9.95. The number of benzene rings is 1. The van der Waals surface area contributed by atoms with E-state index < -0.39 is 36.2 Å². The number of halogens is 1. The second-order valence-corrected chi connectivity index (χ2v) is 4.08. The van der Waals surface area contributed by atoms with E-state index in [0.29, 0.717) is 0 Å². The summed E-state index contributed by atoms with van der Waals surface area (Å²) in [5.74, 6) is -1.76. The van der Waals surface area contributed by atoms with Crippen molar-refractivity contribution in [1.29, 1.82) is 0 Å². The van der Waals surface area contributed by atoms with Crippen LogP contribution >= 0.6 is 0 Å². The lowest BCUT2D eigenvalue weighted by Gasteiger charge is -2.19. The monoisotopic (exact) mass is 270 g/mol. The summed E-state index contributed by atoms with van der Waals surface area (Å²) in [5, 5.41) is 19.6. The Labute approximate surface area is 109 Å². The number of aliphatic hydroxyl groups excluding tert-OH is 2. The standard InChI is InChI=1S/C13H15FO5/c1-7(15)10-5-8(14)3-4-9(10)13(18)11(16)6-12(17)19-2/h3-5,11,13,16,18H,6H2,1-2H3. The smallest absolute Gasteiger partial charge is 0.308 e. The van der Waals surface area contributed by atoms with E-state index in [-0.39, 0.29) is 11.1 Å². The molecule has 0 heterocycles. The van der Waals surface area contributed by atoms with Gasteiger partial charge in [0.15, 0.2) is 5.78 Å². The van der Waals surface area contributed by atoms with Crippen LogP contribution in [0.1, 0.15) is 35.4 Å². The molecule has 0 saturated heterocycles. The average molecular weight is 270 g/mol. The minimum atomic E-state index is -1.47. The van der Waals surface area contributed by atoms with Gasteiger partial charge in [-0.05, 0) is 24.6 Å². The van der Waals surface area contributed by atoms with E-state index in [4.69, 9.17) is 0 Å². The summed E-state index contributed by atoms with van der Waals surface area (Å²) >= 11 is 0. The molecule has 0 radical (unpaired) electrons. The molecule has 6 heteroatoms. The SMILES string of the molecule is COC(=O)CC(O)C(O)c1ccc(F)cc1C(C)=O. The van der Waals surface area contributed by atoms with Crippen molar-refractivity contribution in [3.05, 3.63) is 35.1 Å². The van der Waals surface area contributed by atoms with Crippen molar-refractivity contribution < 1.29 is 28.9 Å². The van der Waals surface area contributed by atoms with Crippen molar-refractivity contribution in [2.45, 2.75) is 25.6 Å². The fraction of sp³-hybridized carbons (Fsp3) is 0.385. The second-order valence-electron chi connectivity index (χ2n) is 4.08. The molecule has 0 bridgehead atoms. The summed E-state index contributed by atoms with van der Waals surface area (Å²) in [6, 6.07) is 3.25. The lowest BCUT2D eigenvalue weighted by molar-refractivity contribution is -0.144. The summed E-state index contributed by atoms with van der Waals surface area (Å²) < 4.78 is 17.4. The van der Waals surface area contributed by atoms with Gasteiger partial charge in [0.05, 0.1) is 19.6 Å². The molecule has 0 fully saturated rings. The van der Waals surface area contributed by atoms with Gasteiger partial charge in [0, 0.05) is 5.56 Å². The molecule has 1 rings (SSSR count). The van der Waals surface area contributed by atoms with Gasteiger partial charge in [0.2, 0.25) is 0 Å². The molecule has 1 aromatic carbocycles. The number of Topliss-reactive ketones (excluding diaryl/α,β-unsaturated/α-hetero) is 1. The van der Waals surface area contributed by atoms with Gasteiger partial charge in [-0.25, -0.2) is 4.39 Å². The Kier molecular flexibility index (Phi) is 5.14. The van der Waals surface area contributed by atoms with Gasteiger partial charge < -0.3 is 14.9 Å². The van der Waals surface area contributed by atoms with Crippen molar-refractivity contribution >= 4 is 11.8 Å². The molecule has 2 atom stereocenters. The summed E-state index contributed by atoms with van der Waals surface area (Å²) in [4.78, 5) is 22.4. The van der Waals surface area contributed by atoms with Gasteiger partial charge in [-0.15, -0.1) is 0 Å². The number of methoxy groups -OCH3 is 1. The van der Waals surface area contributed by atoms with Gasteiger partial charge in [-0.2, -0.15) is 0 Å². The minimum absolute atomic E-state index is 0.0311. The summed E-state index contributed by atoms with van der Waals surface area (Å²) in [6.07, 6.45) is -3.33. The first-order valence-corrected chi connectivity index (χ1v) is 5.60. The molecular weight excluding hydrogens is 255 g/mol. The molecule has 0 aromatic heterocycles. The van der Waals surface area contributed by atoms with E-state index in [1.807, 2.05) is 0 Å². The molecule has 104 valence electrons. The molecule has 2 unspecified atom stereocenters. The number of esters is 1. The number of hydrogen-bond acceptors (Lipinski definition) is 5. The van der Waals surface area contributed by atoms with Crippen LogP contribution in [0.2, 0.25) is 0 Å². The molecule has 0 amide bonds. The van der Waals surface area contributed by atoms with E-state index in [1.54, 1.807) is 0 Å². The number of ketones is 1. The number of carbonyl (C=O) groups excluding carboxylic acids is 2. The highest BCUT2D eigenvalue weighted by molar-refractivity contribution is 5.95. The molecular formula is C13H15FO5. The van der Waals surface area contributed by atoms with Crippen LogP contribution < -0.4 is 0 Å². The molecule has 1 aromatic rings. The van der Waals surface area contributed by atoms with Crippen LogP contribution in [0.5, 0.6) is 0 Å². The zero-order valence-electron chi connectivity index (χ0n) is 10.6. The second kappa shape index (κ2) is 6.40. The van der Waals surface area contributed by atoms with Crippen LogP contribution in [-0.4, -0.2) is 35.2 Å².